The zero-order valence-corrected chi connectivity index (χ0v) is 18.2. The molecular formula is C16H23F9O4S2. The minimum absolute atomic E-state index is 0.404. The Hall–Kier alpha value is -0.700. The highest BCUT2D eigenvalue weighted by atomic mass is 32.3. The van der Waals surface area contributed by atoms with Gasteiger partial charge in [0.1, 0.15) is 5.78 Å². The molecule has 1 rings (SSSR count). The molecule has 15 heteroatoms. The van der Waals surface area contributed by atoms with Gasteiger partial charge in [0.2, 0.25) is 0 Å². The Balaban J connectivity index is 3.28. The first-order valence-corrected chi connectivity index (χ1v) is 12.7. The van der Waals surface area contributed by atoms with Crippen LogP contribution in [0.15, 0.2) is 0 Å². The Bertz CT molecular complexity index is 741. The van der Waals surface area contributed by atoms with Crippen LogP contribution in [0.4, 0.5) is 39.5 Å². The maximum atomic E-state index is 14.0. The lowest BCUT2D eigenvalue weighted by molar-refractivity contribution is -0.382. The van der Waals surface area contributed by atoms with Gasteiger partial charge in [-0.1, -0.05) is 33.1 Å². The van der Waals surface area contributed by atoms with Gasteiger partial charge in [-0.05, 0) is 24.3 Å². The summed E-state index contributed by atoms with van der Waals surface area (Å²) >= 11 is 0. The average molecular weight is 514 g/mol. The Morgan fingerprint density at radius 3 is 1.68 bits per heavy atom. The van der Waals surface area contributed by atoms with Crippen molar-refractivity contribution >= 4 is 26.2 Å². The van der Waals surface area contributed by atoms with Crippen molar-refractivity contribution < 1.29 is 56.4 Å². The summed E-state index contributed by atoms with van der Waals surface area (Å²) in [7, 11) is -10.4. The van der Waals surface area contributed by atoms with Crippen molar-refractivity contribution in [2.45, 2.75) is 69.2 Å². The van der Waals surface area contributed by atoms with E-state index < -0.39 is 72.7 Å². The molecule has 1 aliphatic rings. The van der Waals surface area contributed by atoms with Gasteiger partial charge in [0.25, 0.3) is 0 Å². The molecule has 1 aliphatic carbocycles. The van der Waals surface area contributed by atoms with Gasteiger partial charge in [-0.15, -0.1) is 10.3 Å². The summed E-state index contributed by atoms with van der Waals surface area (Å²) in [5.74, 6) is -17.3. The summed E-state index contributed by atoms with van der Waals surface area (Å²) in [6.45, 7) is 2.42. The SMILES string of the molecule is CCS(CC)(CC(=O)C1CCCCC1)OS(=O)(=O)C(F)(F)C(F)(F)C(F)(F)C(F)(F)F. The fourth-order valence-electron chi connectivity index (χ4n) is 3.08. The summed E-state index contributed by atoms with van der Waals surface area (Å²) in [4.78, 5) is 12.5. The second-order valence-electron chi connectivity index (χ2n) is 7.17. The lowest BCUT2D eigenvalue weighted by Gasteiger charge is -2.39. The normalized spacial score (nSPS) is 18.8. The molecule has 0 aromatic carbocycles. The van der Waals surface area contributed by atoms with Gasteiger partial charge >= 0.3 is 33.4 Å². The van der Waals surface area contributed by atoms with E-state index in [2.05, 4.69) is 3.63 Å². The topological polar surface area (TPSA) is 60.4 Å². The van der Waals surface area contributed by atoms with Crippen LogP contribution in [0.1, 0.15) is 46.0 Å². The molecule has 31 heavy (non-hydrogen) atoms. The smallest absolute Gasteiger partial charge is 0.298 e. The number of halogens is 9. The number of carbonyl (C=O) groups is 1. The van der Waals surface area contributed by atoms with E-state index >= 15 is 0 Å². The van der Waals surface area contributed by atoms with Crippen molar-refractivity contribution in [2.75, 3.05) is 17.3 Å². The second kappa shape index (κ2) is 9.27. The number of ketones is 1. The highest BCUT2D eigenvalue weighted by molar-refractivity contribution is 8.33. The number of rotatable bonds is 10. The van der Waals surface area contributed by atoms with Crippen LogP contribution < -0.4 is 0 Å². The second-order valence-corrected chi connectivity index (χ2v) is 12.5. The van der Waals surface area contributed by atoms with E-state index in [-0.39, 0.29) is 0 Å². The molecule has 0 aliphatic heterocycles. The molecule has 4 nitrogen and oxygen atoms in total. The van der Waals surface area contributed by atoms with Crippen molar-refractivity contribution in [3.8, 4) is 0 Å². The molecule has 0 aromatic heterocycles. The third-order valence-electron chi connectivity index (χ3n) is 5.18. The Morgan fingerprint density at radius 1 is 0.839 bits per heavy atom. The van der Waals surface area contributed by atoms with Gasteiger partial charge in [0, 0.05) is 5.92 Å². The summed E-state index contributed by atoms with van der Waals surface area (Å²) in [5, 5.41) is -6.92. The summed E-state index contributed by atoms with van der Waals surface area (Å²) < 4.78 is 146. The molecule has 1 fully saturated rings. The number of hydrogen-bond acceptors (Lipinski definition) is 4. The van der Waals surface area contributed by atoms with Gasteiger partial charge in [-0.2, -0.15) is 47.9 Å². The van der Waals surface area contributed by atoms with Crippen LogP contribution in [0.25, 0.3) is 0 Å². The third kappa shape index (κ3) is 5.28. The molecule has 0 heterocycles. The molecule has 0 spiro atoms. The highest BCUT2D eigenvalue weighted by Gasteiger charge is 2.86. The first-order valence-electron chi connectivity index (χ1n) is 9.26. The van der Waals surface area contributed by atoms with E-state index in [4.69, 9.17) is 0 Å². The maximum absolute atomic E-state index is 14.0. The molecule has 1 saturated carbocycles. The quantitative estimate of drug-likeness (QED) is 0.353. The molecule has 0 bridgehead atoms. The van der Waals surface area contributed by atoms with Gasteiger partial charge in [-0.25, -0.2) is 3.63 Å². The van der Waals surface area contributed by atoms with E-state index in [1.165, 1.54) is 13.8 Å². The maximum Gasteiger partial charge on any atom is 0.460 e. The summed E-state index contributed by atoms with van der Waals surface area (Å²) in [5.41, 5.74) is 0. The van der Waals surface area contributed by atoms with E-state index in [0.717, 1.165) is 6.42 Å². The van der Waals surface area contributed by atoms with Gasteiger partial charge in [-0.3, -0.25) is 4.79 Å². The molecule has 0 aromatic rings. The molecule has 0 radical (unpaired) electrons. The van der Waals surface area contributed by atoms with Crippen LogP contribution in [-0.4, -0.2) is 54.7 Å². The third-order valence-corrected chi connectivity index (χ3v) is 10.9. The monoisotopic (exact) mass is 514 g/mol. The Labute approximate surface area is 175 Å². The summed E-state index contributed by atoms with van der Waals surface area (Å²) in [6, 6.07) is 0. The highest BCUT2D eigenvalue weighted by Crippen LogP contribution is 2.59. The first-order chi connectivity index (χ1) is 13.8. The van der Waals surface area contributed by atoms with Crippen molar-refractivity contribution in [2.24, 2.45) is 5.92 Å². The van der Waals surface area contributed by atoms with Crippen LogP contribution in [-0.2, 0) is 18.5 Å². The molecule has 186 valence electrons. The van der Waals surface area contributed by atoms with E-state index in [1.54, 1.807) is 0 Å². The fraction of sp³-hybridized carbons (Fsp3) is 0.938. The van der Waals surface area contributed by atoms with Crippen LogP contribution in [0.5, 0.6) is 0 Å². The fourth-order valence-corrected chi connectivity index (χ4v) is 7.92. The van der Waals surface area contributed by atoms with Crippen LogP contribution in [0.2, 0.25) is 0 Å². The van der Waals surface area contributed by atoms with Gasteiger partial charge in [0.15, 0.2) is 0 Å². The standard InChI is InChI=1S/C16H23F9O4S2/c1-3-30(4-2,10-12(26)11-8-6-5-7-9-11)29-31(27,28)16(24,25)14(19,20)13(17,18)15(21,22)23/h11H,3-10H2,1-2H3. The predicted octanol–water partition coefficient (Wildman–Crippen LogP) is 5.67. The summed E-state index contributed by atoms with van der Waals surface area (Å²) in [6.07, 6.45) is -4.05. The molecule has 0 saturated heterocycles. The number of Topliss-reactive ketones (excluding diaryl/α,β-unsaturated/α-hetero) is 1. The Kier molecular flexibility index (Phi) is 8.48. The van der Waals surface area contributed by atoms with Crippen molar-refractivity contribution in [3.63, 3.8) is 0 Å². The van der Waals surface area contributed by atoms with Crippen molar-refractivity contribution in [3.05, 3.63) is 0 Å². The van der Waals surface area contributed by atoms with E-state index in [9.17, 15) is 52.7 Å². The zero-order chi connectivity index (χ0) is 24.5. The van der Waals surface area contributed by atoms with E-state index in [1.807, 2.05) is 0 Å². The Morgan fingerprint density at radius 2 is 1.29 bits per heavy atom. The number of alkyl halides is 9. The van der Waals surface area contributed by atoms with Gasteiger partial charge < -0.3 is 0 Å². The van der Waals surface area contributed by atoms with Crippen LogP contribution >= 0.6 is 10.3 Å². The lowest BCUT2D eigenvalue weighted by Crippen LogP contribution is -2.63. The average Bonchev–Trinajstić information content (AvgIpc) is 2.66. The van der Waals surface area contributed by atoms with Gasteiger partial charge in [0.05, 0.1) is 5.75 Å². The minimum Gasteiger partial charge on any atom is -0.298 e. The predicted molar refractivity (Wildman–Crippen MR) is 96.0 cm³/mol. The zero-order valence-electron chi connectivity index (χ0n) is 16.6. The lowest BCUT2D eigenvalue weighted by atomic mass is 9.87. The van der Waals surface area contributed by atoms with Crippen LogP contribution in [0.3, 0.4) is 0 Å². The van der Waals surface area contributed by atoms with Crippen molar-refractivity contribution in [1.82, 2.24) is 0 Å². The molecule has 0 unspecified atom stereocenters. The molecule has 0 atom stereocenters. The van der Waals surface area contributed by atoms with Crippen LogP contribution in [0, 0.1) is 5.92 Å². The first kappa shape index (κ1) is 28.3. The molecular weight excluding hydrogens is 491 g/mol. The molecule has 0 amide bonds. The van der Waals surface area contributed by atoms with E-state index in [0.29, 0.717) is 25.7 Å². The number of hydrogen-bond donors (Lipinski definition) is 0. The largest absolute Gasteiger partial charge is 0.460 e. The number of carbonyl (C=O) groups excluding carboxylic acids is 1. The van der Waals surface area contributed by atoms with Crippen molar-refractivity contribution in [1.29, 1.82) is 0 Å². The molecule has 0 N–H and O–H groups in total. The minimum atomic E-state index is -7.37.